The van der Waals surface area contributed by atoms with Gasteiger partial charge in [0.2, 0.25) is 0 Å². The van der Waals surface area contributed by atoms with E-state index in [1.807, 2.05) is 0 Å². The zero-order valence-electron chi connectivity index (χ0n) is 5.23. The summed E-state index contributed by atoms with van der Waals surface area (Å²) < 4.78 is 0. The van der Waals surface area contributed by atoms with Gasteiger partial charge in [0, 0.05) is 23.1 Å². The molecule has 0 aromatic carbocycles. The summed E-state index contributed by atoms with van der Waals surface area (Å²) in [5.74, 6) is -0.0625. The van der Waals surface area contributed by atoms with Crippen LogP contribution in [0.4, 0.5) is 0 Å². The van der Waals surface area contributed by atoms with Gasteiger partial charge in [0.1, 0.15) is 0 Å². The zero-order valence-corrected chi connectivity index (χ0v) is 6.18. The van der Waals surface area contributed by atoms with Crippen LogP contribution in [0.3, 0.4) is 0 Å². The molecule has 0 aliphatic rings. The van der Waals surface area contributed by atoms with Gasteiger partial charge in [-0.05, 0) is 13.8 Å². The van der Waals surface area contributed by atoms with E-state index in [-0.39, 0.29) is 34.1 Å². The quantitative estimate of drug-likeness (QED) is 0.357. The van der Waals surface area contributed by atoms with Crippen LogP contribution in [0.15, 0.2) is 11.8 Å². The van der Waals surface area contributed by atoms with Crippen molar-refractivity contribution in [3.05, 3.63) is 11.8 Å². The molecule has 0 amide bonds. The molecule has 9 heavy (non-hydrogen) atoms. The van der Waals surface area contributed by atoms with Gasteiger partial charge in [-0.25, -0.2) is 0 Å². The van der Waals surface area contributed by atoms with Crippen molar-refractivity contribution in [3.8, 4) is 0 Å². The molecule has 0 atom stereocenters. The Morgan fingerprint density at radius 2 is 1.78 bits per heavy atom. The Morgan fingerprint density at radius 3 is 1.78 bits per heavy atom. The normalized spacial score (nSPS) is 8.89. The molecule has 0 spiro atoms. The third-order valence-electron chi connectivity index (χ3n) is 0.412. The Balaban J connectivity index is -0.000000180. The first-order valence-electron chi connectivity index (χ1n) is 2.01. The van der Waals surface area contributed by atoms with Crippen molar-refractivity contribution in [1.29, 1.82) is 0 Å². The molecule has 0 bridgehead atoms. The van der Waals surface area contributed by atoms with E-state index in [1.54, 1.807) is 0 Å². The average molecular weight is 182 g/mol. The molecule has 0 rings (SSSR count). The summed E-state index contributed by atoms with van der Waals surface area (Å²) in [6.45, 7) is 2.85. The second-order valence-corrected chi connectivity index (χ2v) is 1.40. The second-order valence-electron chi connectivity index (χ2n) is 1.40. The van der Waals surface area contributed by atoms with Crippen molar-refractivity contribution in [2.24, 2.45) is 0 Å². The molecular weight excluding hydrogens is 172 g/mol. The maximum absolute atomic E-state index is 10.0. The van der Waals surface area contributed by atoms with Crippen LogP contribution in [0.2, 0.25) is 0 Å². The van der Waals surface area contributed by atoms with Gasteiger partial charge < -0.3 is 10.6 Å². The molecule has 0 fully saturated rings. The molecule has 59 valence electrons. The molecular formula is C5H10CuO3. The number of hydrogen-bond donors (Lipinski definition) is 1. The van der Waals surface area contributed by atoms with Gasteiger partial charge in [-0.1, -0.05) is 0 Å². The Hall–Kier alpha value is -0.311. The molecule has 1 radical (unpaired) electrons. The monoisotopic (exact) mass is 181 g/mol. The van der Waals surface area contributed by atoms with E-state index in [0.29, 0.717) is 0 Å². The molecule has 0 saturated carbocycles. The average Bonchev–Trinajstić information content (AvgIpc) is 1.27. The third kappa shape index (κ3) is 18.3. The predicted octanol–water partition coefficient (Wildman–Crippen LogP) is 0.210. The first-order chi connectivity index (χ1) is 3.13. The summed E-state index contributed by atoms with van der Waals surface area (Å²) >= 11 is 0. The molecule has 0 unspecified atom stereocenters. The molecule has 0 aromatic heterocycles. The van der Waals surface area contributed by atoms with Crippen LogP contribution in [0, 0.1) is 0 Å². The molecule has 0 saturated heterocycles. The van der Waals surface area contributed by atoms with E-state index in [0.717, 1.165) is 0 Å². The van der Waals surface area contributed by atoms with Crippen LogP contribution < -0.4 is 0 Å². The SMILES string of the molecule is CC(=O)/C=C(/C)O.O.[Cu]. The van der Waals surface area contributed by atoms with Gasteiger partial charge in [-0.3, -0.25) is 4.79 Å². The smallest absolute Gasteiger partial charge is 0.155 e. The van der Waals surface area contributed by atoms with Crippen LogP contribution in [0.25, 0.3) is 0 Å². The maximum Gasteiger partial charge on any atom is 0.155 e. The first kappa shape index (κ1) is 15.9. The predicted molar refractivity (Wildman–Crippen MR) is 30.7 cm³/mol. The molecule has 3 nitrogen and oxygen atoms in total. The van der Waals surface area contributed by atoms with E-state index in [4.69, 9.17) is 5.11 Å². The first-order valence-corrected chi connectivity index (χ1v) is 2.01. The standard InChI is InChI=1S/C5H8O2.Cu.H2O/c1-4(6)3-5(2)7;;/h3,6H,1-2H3;;1H2/b4-3-;;. The Bertz CT molecular complexity index is 105. The summed E-state index contributed by atoms with van der Waals surface area (Å²) in [6.07, 6.45) is 1.17. The van der Waals surface area contributed by atoms with Gasteiger partial charge in [-0.15, -0.1) is 0 Å². The van der Waals surface area contributed by atoms with Crippen molar-refractivity contribution in [3.63, 3.8) is 0 Å². The largest absolute Gasteiger partial charge is 0.512 e. The summed E-state index contributed by atoms with van der Waals surface area (Å²) in [5, 5.41) is 8.36. The summed E-state index contributed by atoms with van der Waals surface area (Å²) in [5.41, 5.74) is 0. The molecule has 0 aromatic rings. The fourth-order valence-corrected chi connectivity index (χ4v) is 0.294. The molecule has 4 heteroatoms. The minimum atomic E-state index is -0.125. The van der Waals surface area contributed by atoms with Gasteiger partial charge in [0.05, 0.1) is 5.76 Å². The minimum Gasteiger partial charge on any atom is -0.512 e. The number of rotatable bonds is 1. The molecule has 0 heterocycles. The van der Waals surface area contributed by atoms with Crippen LogP contribution >= 0.6 is 0 Å². The Kier molecular flexibility index (Phi) is 13.6. The van der Waals surface area contributed by atoms with Crippen LogP contribution in [-0.2, 0) is 21.9 Å². The van der Waals surface area contributed by atoms with Gasteiger partial charge >= 0.3 is 0 Å². The Labute approximate surface area is 64.5 Å². The van der Waals surface area contributed by atoms with Gasteiger partial charge in [-0.2, -0.15) is 0 Å². The maximum atomic E-state index is 10.0. The van der Waals surface area contributed by atoms with Gasteiger partial charge in [0.15, 0.2) is 5.78 Å². The number of carbonyl (C=O) groups is 1. The van der Waals surface area contributed by atoms with Crippen molar-refractivity contribution < 1.29 is 32.4 Å². The number of allylic oxidation sites excluding steroid dienone is 2. The van der Waals surface area contributed by atoms with Gasteiger partial charge in [0.25, 0.3) is 0 Å². The van der Waals surface area contributed by atoms with Crippen molar-refractivity contribution in [2.45, 2.75) is 13.8 Å². The minimum absolute atomic E-state index is 0. The van der Waals surface area contributed by atoms with Crippen molar-refractivity contribution >= 4 is 5.78 Å². The number of aliphatic hydroxyl groups is 1. The summed E-state index contributed by atoms with van der Waals surface area (Å²) in [7, 11) is 0. The van der Waals surface area contributed by atoms with Crippen molar-refractivity contribution in [1.82, 2.24) is 0 Å². The van der Waals surface area contributed by atoms with Crippen LogP contribution in [0.5, 0.6) is 0 Å². The number of ketones is 1. The number of carbonyl (C=O) groups excluding carboxylic acids is 1. The molecule has 0 aliphatic carbocycles. The topological polar surface area (TPSA) is 68.8 Å². The van der Waals surface area contributed by atoms with Crippen molar-refractivity contribution in [2.75, 3.05) is 0 Å². The second kappa shape index (κ2) is 7.69. The van der Waals surface area contributed by atoms with E-state index >= 15 is 0 Å². The van der Waals surface area contributed by atoms with Crippen LogP contribution in [0.1, 0.15) is 13.8 Å². The fraction of sp³-hybridized carbons (Fsp3) is 0.400. The van der Waals surface area contributed by atoms with E-state index in [9.17, 15) is 4.79 Å². The fourth-order valence-electron chi connectivity index (χ4n) is 0.294. The van der Waals surface area contributed by atoms with Crippen LogP contribution in [-0.4, -0.2) is 16.4 Å². The summed E-state index contributed by atoms with van der Waals surface area (Å²) in [4.78, 5) is 10.0. The number of hydrogen-bond acceptors (Lipinski definition) is 2. The van der Waals surface area contributed by atoms with E-state index in [2.05, 4.69) is 0 Å². The summed E-state index contributed by atoms with van der Waals surface area (Å²) in [6, 6.07) is 0. The number of aliphatic hydroxyl groups excluding tert-OH is 1. The van der Waals surface area contributed by atoms with E-state index < -0.39 is 0 Å². The third-order valence-corrected chi connectivity index (χ3v) is 0.412. The molecule has 0 aliphatic heterocycles. The van der Waals surface area contributed by atoms with E-state index in [1.165, 1.54) is 19.9 Å². The molecule has 3 N–H and O–H groups in total. The Morgan fingerprint density at radius 1 is 1.44 bits per heavy atom. The zero-order chi connectivity index (χ0) is 5.86.